The fourth-order valence-corrected chi connectivity index (χ4v) is 2.61. The van der Waals surface area contributed by atoms with Crippen LogP contribution in [0.25, 0.3) is 0 Å². The Morgan fingerprint density at radius 2 is 2.04 bits per heavy atom. The normalized spacial score (nSPS) is 17.7. The van der Waals surface area contributed by atoms with Gasteiger partial charge in [-0.2, -0.15) is 18.2 Å². The van der Waals surface area contributed by atoms with Crippen LogP contribution in [0.1, 0.15) is 29.2 Å². The smallest absolute Gasteiger partial charge is 0.381 e. The Morgan fingerprint density at radius 3 is 2.68 bits per heavy atom. The molecule has 2 aromatic rings. The van der Waals surface area contributed by atoms with Crippen LogP contribution in [0.2, 0.25) is 0 Å². The Balaban J connectivity index is 1.73. The highest BCUT2D eigenvalue weighted by Crippen LogP contribution is 2.30. The number of benzene rings is 1. The summed E-state index contributed by atoms with van der Waals surface area (Å²) in [6.45, 7) is 1.17. The highest BCUT2D eigenvalue weighted by Gasteiger charge is 2.31. The van der Waals surface area contributed by atoms with Gasteiger partial charge < -0.3 is 15.8 Å². The lowest BCUT2D eigenvalue weighted by Crippen LogP contribution is -2.11. The fourth-order valence-electron chi connectivity index (χ4n) is 2.61. The molecule has 1 atom stereocenters. The van der Waals surface area contributed by atoms with Crippen molar-refractivity contribution in [2.45, 2.75) is 25.1 Å². The molecule has 0 amide bonds. The molecule has 0 aliphatic carbocycles. The average Bonchev–Trinajstić information content (AvgIpc) is 3.06. The average molecular weight is 356 g/mol. The summed E-state index contributed by atoms with van der Waals surface area (Å²) < 4.78 is 56.9. The molecule has 3 N–H and O–H groups in total. The second-order valence-corrected chi connectivity index (χ2v) is 5.75. The summed E-state index contributed by atoms with van der Waals surface area (Å²) in [7, 11) is 0. The van der Waals surface area contributed by atoms with Crippen molar-refractivity contribution in [3.8, 4) is 0 Å². The van der Waals surface area contributed by atoms with Gasteiger partial charge in [-0.15, -0.1) is 0 Å². The van der Waals surface area contributed by atoms with Gasteiger partial charge in [0.15, 0.2) is 0 Å². The van der Waals surface area contributed by atoms with E-state index in [4.69, 9.17) is 10.5 Å². The van der Waals surface area contributed by atoms with Crippen molar-refractivity contribution in [1.29, 1.82) is 0 Å². The minimum absolute atomic E-state index is 0.0268. The lowest BCUT2D eigenvalue weighted by molar-refractivity contribution is -0.137. The third-order valence-electron chi connectivity index (χ3n) is 3.95. The van der Waals surface area contributed by atoms with E-state index in [-0.39, 0.29) is 24.0 Å². The molecule has 9 heteroatoms. The van der Waals surface area contributed by atoms with E-state index in [0.29, 0.717) is 25.1 Å². The van der Waals surface area contributed by atoms with Gasteiger partial charge in [-0.3, -0.25) is 0 Å². The van der Waals surface area contributed by atoms with Crippen LogP contribution in [0.4, 0.5) is 29.3 Å². The highest BCUT2D eigenvalue weighted by molar-refractivity contribution is 5.42. The first-order chi connectivity index (χ1) is 11.8. The summed E-state index contributed by atoms with van der Waals surface area (Å²) in [5.41, 5.74) is 5.48. The van der Waals surface area contributed by atoms with Crippen LogP contribution < -0.4 is 11.1 Å². The number of ether oxygens (including phenoxy) is 1. The van der Waals surface area contributed by atoms with E-state index in [2.05, 4.69) is 15.3 Å². The molecule has 0 bridgehead atoms. The highest BCUT2D eigenvalue weighted by atomic mass is 19.4. The fraction of sp³-hybridized carbons (Fsp3) is 0.375. The molecule has 25 heavy (non-hydrogen) atoms. The predicted octanol–water partition coefficient (Wildman–Crippen LogP) is 3.33. The summed E-state index contributed by atoms with van der Waals surface area (Å²) in [4.78, 5) is 8.19. The van der Waals surface area contributed by atoms with Crippen LogP contribution in [0.15, 0.2) is 24.3 Å². The third-order valence-corrected chi connectivity index (χ3v) is 3.95. The summed E-state index contributed by atoms with van der Waals surface area (Å²) in [5, 5.41) is 2.87. The van der Waals surface area contributed by atoms with Crippen molar-refractivity contribution in [2.24, 2.45) is 0 Å². The molecular weight excluding hydrogens is 340 g/mol. The second-order valence-electron chi connectivity index (χ2n) is 5.75. The Kier molecular flexibility index (Phi) is 4.76. The lowest BCUT2D eigenvalue weighted by Gasteiger charge is -2.12. The maximum absolute atomic E-state index is 13.9. The number of alkyl halides is 3. The van der Waals surface area contributed by atoms with Crippen molar-refractivity contribution in [1.82, 2.24) is 9.97 Å². The first kappa shape index (κ1) is 17.4. The molecule has 5 nitrogen and oxygen atoms in total. The minimum atomic E-state index is -4.58. The van der Waals surface area contributed by atoms with Crippen LogP contribution in [-0.4, -0.2) is 23.2 Å². The van der Waals surface area contributed by atoms with Gasteiger partial charge in [0.25, 0.3) is 0 Å². The zero-order valence-electron chi connectivity index (χ0n) is 13.1. The molecule has 134 valence electrons. The molecule has 0 spiro atoms. The van der Waals surface area contributed by atoms with Crippen molar-refractivity contribution in [3.63, 3.8) is 0 Å². The zero-order valence-corrected chi connectivity index (χ0v) is 13.1. The van der Waals surface area contributed by atoms with Gasteiger partial charge in [-0.25, -0.2) is 9.37 Å². The molecule has 2 heterocycles. The quantitative estimate of drug-likeness (QED) is 0.822. The van der Waals surface area contributed by atoms with Crippen LogP contribution >= 0.6 is 0 Å². The number of anilines is 2. The number of nitrogens with one attached hydrogen (secondary N) is 1. The van der Waals surface area contributed by atoms with E-state index in [1.165, 1.54) is 0 Å². The van der Waals surface area contributed by atoms with Gasteiger partial charge in [-0.1, -0.05) is 6.07 Å². The topological polar surface area (TPSA) is 73.1 Å². The molecule has 1 aliphatic rings. The number of nitrogens with zero attached hydrogens (tertiary/aromatic N) is 2. The Hall–Kier alpha value is -2.42. The number of nitrogens with two attached hydrogens (primary N) is 1. The molecule has 3 rings (SSSR count). The predicted molar refractivity (Wildman–Crippen MR) is 83.4 cm³/mol. The first-order valence-corrected chi connectivity index (χ1v) is 7.64. The number of halogens is 4. The van der Waals surface area contributed by atoms with Crippen LogP contribution in [0.5, 0.6) is 0 Å². The number of rotatable bonds is 4. The van der Waals surface area contributed by atoms with E-state index in [1.807, 2.05) is 0 Å². The summed E-state index contributed by atoms with van der Waals surface area (Å²) >= 11 is 0. The molecule has 0 saturated carbocycles. The minimum Gasteiger partial charge on any atom is -0.381 e. The zero-order chi connectivity index (χ0) is 18.0. The van der Waals surface area contributed by atoms with E-state index in [0.717, 1.165) is 24.2 Å². The Bertz CT molecular complexity index is 760. The molecular formula is C16H16F4N4O. The molecule has 1 aromatic carbocycles. The molecule has 1 saturated heterocycles. The maximum atomic E-state index is 13.9. The third kappa shape index (κ3) is 4.16. The van der Waals surface area contributed by atoms with Crippen molar-refractivity contribution in [2.75, 3.05) is 24.3 Å². The lowest BCUT2D eigenvalue weighted by atomic mass is 10.0. The second kappa shape index (κ2) is 6.83. The van der Waals surface area contributed by atoms with Crippen molar-refractivity contribution < 1.29 is 22.3 Å². The number of aromatic nitrogens is 2. The van der Waals surface area contributed by atoms with Crippen LogP contribution in [0.3, 0.4) is 0 Å². The Labute approximate surface area is 141 Å². The van der Waals surface area contributed by atoms with Gasteiger partial charge >= 0.3 is 6.18 Å². The Morgan fingerprint density at radius 1 is 1.24 bits per heavy atom. The molecule has 1 unspecified atom stereocenters. The molecule has 1 aliphatic heterocycles. The van der Waals surface area contributed by atoms with Gasteiger partial charge in [0.2, 0.25) is 5.95 Å². The number of nitrogen functional groups attached to an aromatic ring is 1. The van der Waals surface area contributed by atoms with Crippen LogP contribution in [0, 0.1) is 5.82 Å². The summed E-state index contributed by atoms with van der Waals surface area (Å²) in [6, 6.07) is 4.11. The summed E-state index contributed by atoms with van der Waals surface area (Å²) in [6.07, 6.45) is -3.75. The van der Waals surface area contributed by atoms with Crippen molar-refractivity contribution >= 4 is 11.8 Å². The SMILES string of the molecule is Nc1nc(NCc2ccc(C(F)(F)F)cc2F)cc(C2CCOC2)n1. The number of hydrogen-bond donors (Lipinski definition) is 2. The van der Waals surface area contributed by atoms with Gasteiger partial charge in [0, 0.05) is 30.7 Å². The maximum Gasteiger partial charge on any atom is 0.416 e. The summed E-state index contributed by atoms with van der Waals surface area (Å²) in [5.74, 6) is -0.365. The van der Waals surface area contributed by atoms with Crippen molar-refractivity contribution in [3.05, 3.63) is 46.9 Å². The molecule has 0 radical (unpaired) electrons. The number of hydrogen-bond acceptors (Lipinski definition) is 5. The monoisotopic (exact) mass is 356 g/mol. The van der Waals surface area contributed by atoms with E-state index >= 15 is 0 Å². The van der Waals surface area contributed by atoms with E-state index in [9.17, 15) is 17.6 Å². The first-order valence-electron chi connectivity index (χ1n) is 7.64. The van der Waals surface area contributed by atoms with Gasteiger partial charge in [0.05, 0.1) is 17.9 Å². The van der Waals surface area contributed by atoms with E-state index < -0.39 is 17.6 Å². The molecule has 1 aromatic heterocycles. The van der Waals surface area contributed by atoms with Gasteiger partial charge in [0.1, 0.15) is 11.6 Å². The standard InChI is InChI=1S/C16H16F4N4O/c17-12-5-11(16(18,19)20)2-1-9(12)7-22-14-6-13(23-15(21)24-14)10-3-4-25-8-10/h1-2,5-6,10H,3-4,7-8H2,(H3,21,22,23,24). The molecule has 1 fully saturated rings. The van der Waals surface area contributed by atoms with E-state index in [1.54, 1.807) is 6.07 Å². The van der Waals surface area contributed by atoms with Crippen LogP contribution in [-0.2, 0) is 17.5 Å². The largest absolute Gasteiger partial charge is 0.416 e. The van der Waals surface area contributed by atoms with Gasteiger partial charge in [-0.05, 0) is 18.6 Å².